The summed E-state index contributed by atoms with van der Waals surface area (Å²) >= 11 is 0. The molecule has 1 heterocycles. The first-order chi connectivity index (χ1) is 5.67. The van der Waals surface area contributed by atoms with Crippen LogP contribution in [-0.4, -0.2) is 13.3 Å². The molecule has 1 aliphatic heterocycles. The van der Waals surface area contributed by atoms with E-state index in [2.05, 4.69) is 44.4 Å². The zero-order chi connectivity index (χ0) is 8.60. The van der Waals surface area contributed by atoms with E-state index in [1.54, 1.807) is 0 Å². The minimum Gasteiger partial charge on any atom is -0.384 e. The van der Waals surface area contributed by atoms with Crippen LogP contribution in [-0.2, 0) is 0 Å². The van der Waals surface area contributed by atoms with E-state index in [-0.39, 0.29) is 5.44 Å². The minimum atomic E-state index is 0.0716. The van der Waals surface area contributed by atoms with Crippen molar-refractivity contribution in [2.24, 2.45) is 0 Å². The molecule has 0 aromatic heterocycles. The summed E-state index contributed by atoms with van der Waals surface area (Å²) in [6, 6.07) is 9.19. The van der Waals surface area contributed by atoms with Crippen molar-refractivity contribution in [3.8, 4) is 0 Å². The highest BCUT2D eigenvalue weighted by Gasteiger charge is 2.17. The molecule has 12 heavy (non-hydrogen) atoms. The topological polar surface area (TPSA) is 12.0 Å². The number of nitrogens with one attached hydrogen (secondary N) is 1. The van der Waals surface area contributed by atoms with Gasteiger partial charge in [-0.2, -0.15) is 0 Å². The lowest BCUT2D eigenvalue weighted by Crippen LogP contribution is -2.34. The fourth-order valence-corrected chi connectivity index (χ4v) is 1.38. The van der Waals surface area contributed by atoms with E-state index in [0.29, 0.717) is 0 Å². The Labute approximate surface area is 73.9 Å². The van der Waals surface area contributed by atoms with Crippen LogP contribution in [0.1, 0.15) is 12.5 Å². The number of fused-ring (bicyclic) bond motifs is 1. The standard InChI is InChI=1S/C10H11BN/c1-10(11)7-6-8-4-2-3-5-9(8)12-10/h2-3,5-7,12H,11H2,1H3. The Morgan fingerprint density at radius 2 is 2.42 bits per heavy atom. The maximum Gasteiger partial charge on any atom is 0.139 e. The third-order valence-corrected chi connectivity index (χ3v) is 2.01. The summed E-state index contributed by atoms with van der Waals surface area (Å²) in [4.78, 5) is 0. The summed E-state index contributed by atoms with van der Waals surface area (Å²) in [7, 11) is 2.15. The Bertz CT molecular complexity index is 328. The highest BCUT2D eigenvalue weighted by atomic mass is 14.9. The molecule has 2 heteroatoms. The summed E-state index contributed by atoms with van der Waals surface area (Å²) in [5.41, 5.74) is 2.39. The minimum absolute atomic E-state index is 0.0716. The van der Waals surface area contributed by atoms with Crippen molar-refractivity contribution in [2.75, 3.05) is 5.32 Å². The van der Waals surface area contributed by atoms with Crippen LogP contribution in [0.4, 0.5) is 5.69 Å². The molecular weight excluding hydrogens is 145 g/mol. The molecule has 1 N–H and O–H groups in total. The highest BCUT2D eigenvalue weighted by molar-refractivity contribution is 6.19. The van der Waals surface area contributed by atoms with Gasteiger partial charge in [0.2, 0.25) is 0 Å². The van der Waals surface area contributed by atoms with E-state index in [0.717, 1.165) is 5.56 Å². The largest absolute Gasteiger partial charge is 0.384 e. The van der Waals surface area contributed by atoms with Crippen LogP contribution >= 0.6 is 0 Å². The van der Waals surface area contributed by atoms with Gasteiger partial charge in [-0.1, -0.05) is 24.3 Å². The van der Waals surface area contributed by atoms with Crippen molar-refractivity contribution in [3.05, 3.63) is 35.9 Å². The average molecular weight is 156 g/mol. The summed E-state index contributed by atoms with van der Waals surface area (Å²) in [6.07, 6.45) is 4.28. The monoisotopic (exact) mass is 156 g/mol. The first kappa shape index (κ1) is 7.47. The van der Waals surface area contributed by atoms with Gasteiger partial charge in [0.1, 0.15) is 7.85 Å². The Kier molecular flexibility index (Phi) is 1.50. The maximum atomic E-state index is 3.42. The van der Waals surface area contributed by atoms with E-state index in [1.165, 1.54) is 5.69 Å². The fourth-order valence-electron chi connectivity index (χ4n) is 1.38. The van der Waals surface area contributed by atoms with Gasteiger partial charge in [-0.25, -0.2) is 0 Å². The molecule has 1 aliphatic rings. The van der Waals surface area contributed by atoms with Gasteiger partial charge in [-0.3, -0.25) is 0 Å². The van der Waals surface area contributed by atoms with Crippen molar-refractivity contribution in [1.82, 2.24) is 0 Å². The predicted molar refractivity (Wildman–Crippen MR) is 54.9 cm³/mol. The van der Waals surface area contributed by atoms with Gasteiger partial charge in [-0.05, 0) is 19.1 Å². The van der Waals surface area contributed by atoms with Crippen molar-refractivity contribution < 1.29 is 0 Å². The second-order valence-corrected chi connectivity index (χ2v) is 3.68. The Balaban J connectivity index is 2.46. The molecule has 0 saturated heterocycles. The van der Waals surface area contributed by atoms with Gasteiger partial charge in [-0.15, -0.1) is 0 Å². The summed E-state index contributed by atoms with van der Waals surface area (Å²) in [6.45, 7) is 2.15. The van der Waals surface area contributed by atoms with Gasteiger partial charge in [0.25, 0.3) is 0 Å². The van der Waals surface area contributed by atoms with Crippen molar-refractivity contribution >= 4 is 19.6 Å². The van der Waals surface area contributed by atoms with Crippen LogP contribution in [0.25, 0.3) is 6.08 Å². The first-order valence-electron chi connectivity index (χ1n) is 4.15. The van der Waals surface area contributed by atoms with Crippen molar-refractivity contribution in [1.29, 1.82) is 0 Å². The zero-order valence-corrected chi connectivity index (χ0v) is 7.39. The average Bonchev–Trinajstić information content (AvgIpc) is 2.02. The van der Waals surface area contributed by atoms with E-state index in [4.69, 9.17) is 0 Å². The van der Waals surface area contributed by atoms with E-state index in [1.807, 2.05) is 12.1 Å². The van der Waals surface area contributed by atoms with Crippen LogP contribution < -0.4 is 5.32 Å². The van der Waals surface area contributed by atoms with Gasteiger partial charge in [0.05, 0.1) is 0 Å². The molecule has 1 radical (unpaired) electrons. The molecule has 0 amide bonds. The smallest absolute Gasteiger partial charge is 0.139 e. The molecule has 1 aromatic rings. The molecule has 1 unspecified atom stereocenters. The molecule has 0 bridgehead atoms. The molecule has 1 nitrogen and oxygen atoms in total. The molecular formula is C10H11BN. The number of benzene rings is 1. The van der Waals surface area contributed by atoms with Crippen molar-refractivity contribution in [2.45, 2.75) is 12.4 Å². The molecule has 0 aliphatic carbocycles. The van der Waals surface area contributed by atoms with Gasteiger partial charge in [0.15, 0.2) is 0 Å². The molecule has 59 valence electrons. The fraction of sp³-hybridized carbons (Fsp3) is 0.200. The summed E-state index contributed by atoms with van der Waals surface area (Å²) in [5, 5.41) is 3.42. The lowest BCUT2D eigenvalue weighted by atomic mass is 9.77. The van der Waals surface area contributed by atoms with Gasteiger partial charge < -0.3 is 5.32 Å². The van der Waals surface area contributed by atoms with E-state index >= 15 is 0 Å². The maximum absolute atomic E-state index is 3.42. The number of anilines is 1. The third-order valence-electron chi connectivity index (χ3n) is 2.01. The lowest BCUT2D eigenvalue weighted by molar-refractivity contribution is 0.895. The Morgan fingerprint density at radius 1 is 1.58 bits per heavy atom. The van der Waals surface area contributed by atoms with E-state index < -0.39 is 0 Å². The Hall–Kier alpha value is -1.18. The highest BCUT2D eigenvalue weighted by Crippen LogP contribution is 2.25. The van der Waals surface area contributed by atoms with Crippen LogP contribution in [0.5, 0.6) is 0 Å². The SMILES string of the molecule is BC1(C)C=Cc2[c]cccc2N1. The number of hydrogen-bond acceptors (Lipinski definition) is 1. The molecule has 0 fully saturated rings. The van der Waals surface area contributed by atoms with Gasteiger partial charge in [0, 0.05) is 16.7 Å². The Morgan fingerprint density at radius 3 is 3.25 bits per heavy atom. The molecule has 0 spiro atoms. The normalized spacial score (nSPS) is 26.1. The first-order valence-corrected chi connectivity index (χ1v) is 4.15. The van der Waals surface area contributed by atoms with Gasteiger partial charge >= 0.3 is 0 Å². The zero-order valence-electron chi connectivity index (χ0n) is 7.39. The van der Waals surface area contributed by atoms with E-state index in [9.17, 15) is 0 Å². The van der Waals surface area contributed by atoms with Crippen LogP contribution in [0, 0.1) is 6.07 Å². The van der Waals surface area contributed by atoms with Crippen molar-refractivity contribution in [3.63, 3.8) is 0 Å². The number of rotatable bonds is 0. The second kappa shape index (κ2) is 2.41. The predicted octanol–water partition coefficient (Wildman–Crippen LogP) is 1.27. The molecule has 1 aromatic carbocycles. The molecule has 0 saturated carbocycles. The van der Waals surface area contributed by atoms with Crippen LogP contribution in [0.2, 0.25) is 0 Å². The van der Waals surface area contributed by atoms with Crippen LogP contribution in [0.15, 0.2) is 24.3 Å². The summed E-state index contributed by atoms with van der Waals surface area (Å²) in [5.74, 6) is 0. The summed E-state index contributed by atoms with van der Waals surface area (Å²) < 4.78 is 0. The third kappa shape index (κ3) is 1.25. The quantitative estimate of drug-likeness (QED) is 0.557. The molecule has 1 atom stereocenters. The molecule has 2 rings (SSSR count). The number of hydrogen-bond donors (Lipinski definition) is 1. The lowest BCUT2D eigenvalue weighted by Gasteiger charge is -2.28. The van der Waals surface area contributed by atoms with Crippen LogP contribution in [0.3, 0.4) is 0 Å². The second-order valence-electron chi connectivity index (χ2n) is 3.68.